The first-order valence-electron chi connectivity index (χ1n) is 6.40. The molecule has 112 valence electrons. The van der Waals surface area contributed by atoms with Crippen molar-refractivity contribution in [3.05, 3.63) is 30.1 Å². The molecule has 2 heterocycles. The molecule has 1 aliphatic heterocycles. The summed E-state index contributed by atoms with van der Waals surface area (Å²) < 4.78 is 53.0. The van der Waals surface area contributed by atoms with Crippen molar-refractivity contribution in [3.8, 4) is 11.4 Å². The molecule has 0 amide bonds. The van der Waals surface area contributed by atoms with Gasteiger partial charge in [0.05, 0.1) is 0 Å². The molecule has 21 heavy (non-hydrogen) atoms. The third-order valence-electron chi connectivity index (χ3n) is 3.36. The van der Waals surface area contributed by atoms with Crippen LogP contribution < -0.4 is 5.32 Å². The second-order valence-electron chi connectivity index (χ2n) is 5.05. The second-order valence-corrected chi connectivity index (χ2v) is 5.05. The van der Waals surface area contributed by atoms with Gasteiger partial charge in [-0.1, -0.05) is 0 Å². The summed E-state index contributed by atoms with van der Waals surface area (Å²) in [5.74, 6) is -0.209. The van der Waals surface area contributed by atoms with E-state index in [1.54, 1.807) is 6.92 Å². The zero-order valence-electron chi connectivity index (χ0n) is 11.0. The second kappa shape index (κ2) is 4.71. The van der Waals surface area contributed by atoms with Crippen molar-refractivity contribution in [3.63, 3.8) is 0 Å². The van der Waals surface area contributed by atoms with Crippen molar-refractivity contribution in [2.75, 3.05) is 5.32 Å². The summed E-state index contributed by atoms with van der Waals surface area (Å²) in [5.41, 5.74) is 0.466. The molecule has 0 saturated heterocycles. The number of alkyl halides is 3. The van der Waals surface area contributed by atoms with E-state index in [1.165, 1.54) is 24.3 Å². The van der Waals surface area contributed by atoms with Crippen LogP contribution in [-0.2, 0) is 0 Å². The number of halogens is 4. The van der Waals surface area contributed by atoms with Crippen LogP contribution in [0.1, 0.15) is 19.4 Å². The van der Waals surface area contributed by atoms with Crippen molar-refractivity contribution >= 4 is 5.95 Å². The Balaban J connectivity index is 2.03. The molecule has 0 aliphatic carbocycles. The van der Waals surface area contributed by atoms with Gasteiger partial charge in [-0.2, -0.15) is 18.2 Å². The fourth-order valence-corrected chi connectivity index (χ4v) is 2.35. The van der Waals surface area contributed by atoms with Gasteiger partial charge in [-0.25, -0.2) is 9.07 Å². The minimum atomic E-state index is -4.39. The average molecular weight is 300 g/mol. The van der Waals surface area contributed by atoms with Gasteiger partial charge in [0.2, 0.25) is 5.95 Å². The topological polar surface area (TPSA) is 42.7 Å². The molecule has 2 aromatic rings. The fourth-order valence-electron chi connectivity index (χ4n) is 2.35. The van der Waals surface area contributed by atoms with E-state index in [0.717, 1.165) is 4.68 Å². The van der Waals surface area contributed by atoms with Crippen molar-refractivity contribution in [2.24, 2.45) is 0 Å². The number of nitrogens with one attached hydrogen (secondary N) is 1. The van der Waals surface area contributed by atoms with Crippen molar-refractivity contribution < 1.29 is 17.6 Å². The summed E-state index contributed by atoms with van der Waals surface area (Å²) in [5, 5.41) is 6.81. The molecule has 0 spiro atoms. The van der Waals surface area contributed by atoms with Crippen molar-refractivity contribution in [1.82, 2.24) is 14.8 Å². The normalized spacial score (nSPS) is 21.8. The first-order chi connectivity index (χ1) is 9.84. The Morgan fingerprint density at radius 2 is 1.90 bits per heavy atom. The Morgan fingerprint density at radius 1 is 1.24 bits per heavy atom. The summed E-state index contributed by atoms with van der Waals surface area (Å²) in [4.78, 5) is 4.08. The van der Waals surface area contributed by atoms with Gasteiger partial charge >= 0.3 is 6.18 Å². The number of nitrogens with zero attached hydrogens (tertiary/aromatic N) is 3. The maximum Gasteiger partial charge on any atom is 0.411 e. The Kier molecular flexibility index (Phi) is 3.11. The number of hydrogen-bond acceptors (Lipinski definition) is 3. The minimum Gasteiger partial charge on any atom is -0.352 e. The number of fused-ring (bicyclic) bond motifs is 1. The molecule has 1 aliphatic rings. The molecule has 0 fully saturated rings. The Morgan fingerprint density at radius 3 is 2.52 bits per heavy atom. The lowest BCUT2D eigenvalue weighted by molar-refractivity contribution is -0.173. The maximum absolute atomic E-state index is 13.1. The number of anilines is 1. The number of benzene rings is 1. The molecule has 1 aromatic carbocycles. The highest BCUT2D eigenvalue weighted by molar-refractivity contribution is 5.56. The van der Waals surface area contributed by atoms with Crippen LogP contribution in [0, 0.1) is 5.82 Å². The number of rotatable bonds is 1. The van der Waals surface area contributed by atoms with Gasteiger partial charge in [-0.05, 0) is 37.6 Å². The molecule has 2 unspecified atom stereocenters. The fraction of sp³-hybridized carbons (Fsp3) is 0.385. The van der Waals surface area contributed by atoms with Gasteiger partial charge < -0.3 is 5.32 Å². The minimum absolute atomic E-state index is 0.0791. The van der Waals surface area contributed by atoms with Crippen LogP contribution in [0.2, 0.25) is 0 Å². The van der Waals surface area contributed by atoms with Crippen LogP contribution in [0.3, 0.4) is 0 Å². The quantitative estimate of drug-likeness (QED) is 0.821. The Bertz CT molecular complexity index is 647. The van der Waals surface area contributed by atoms with E-state index < -0.39 is 18.0 Å². The molecule has 4 nitrogen and oxygen atoms in total. The monoisotopic (exact) mass is 300 g/mol. The van der Waals surface area contributed by atoms with E-state index in [9.17, 15) is 17.6 Å². The SMILES string of the molecule is CC1CC(C(F)(F)F)n2nc(-c3ccc(F)cc3)nc2N1. The van der Waals surface area contributed by atoms with Crippen LogP contribution in [0.4, 0.5) is 23.5 Å². The number of hydrogen-bond donors (Lipinski definition) is 1. The highest BCUT2D eigenvalue weighted by Crippen LogP contribution is 2.39. The molecule has 0 saturated carbocycles. The zero-order chi connectivity index (χ0) is 15.2. The van der Waals surface area contributed by atoms with Gasteiger partial charge in [0.25, 0.3) is 0 Å². The molecular weight excluding hydrogens is 288 g/mol. The van der Waals surface area contributed by atoms with Crippen LogP contribution in [0.15, 0.2) is 24.3 Å². The summed E-state index contributed by atoms with van der Waals surface area (Å²) in [6.07, 6.45) is -4.50. The highest BCUT2D eigenvalue weighted by atomic mass is 19.4. The van der Waals surface area contributed by atoms with E-state index in [0.29, 0.717) is 5.56 Å². The Hall–Kier alpha value is -2.12. The van der Waals surface area contributed by atoms with Crippen LogP contribution >= 0.6 is 0 Å². The first kappa shape index (κ1) is 13.8. The third kappa shape index (κ3) is 2.57. The third-order valence-corrected chi connectivity index (χ3v) is 3.36. The highest BCUT2D eigenvalue weighted by Gasteiger charge is 2.46. The van der Waals surface area contributed by atoms with E-state index >= 15 is 0 Å². The molecule has 1 aromatic heterocycles. The zero-order valence-corrected chi connectivity index (χ0v) is 11.0. The lowest BCUT2D eigenvalue weighted by Crippen LogP contribution is -2.38. The summed E-state index contributed by atoms with van der Waals surface area (Å²) in [6.45, 7) is 1.66. The predicted molar refractivity (Wildman–Crippen MR) is 68.2 cm³/mol. The average Bonchev–Trinajstić information content (AvgIpc) is 2.80. The van der Waals surface area contributed by atoms with E-state index in [1.807, 2.05) is 0 Å². The van der Waals surface area contributed by atoms with Crippen LogP contribution in [0.5, 0.6) is 0 Å². The maximum atomic E-state index is 13.1. The lowest BCUT2D eigenvalue weighted by atomic mass is 10.1. The van der Waals surface area contributed by atoms with Crippen LogP contribution in [0.25, 0.3) is 11.4 Å². The van der Waals surface area contributed by atoms with E-state index in [-0.39, 0.29) is 24.2 Å². The molecular formula is C13H12F4N4. The van der Waals surface area contributed by atoms with E-state index in [2.05, 4.69) is 15.4 Å². The smallest absolute Gasteiger partial charge is 0.352 e. The van der Waals surface area contributed by atoms with Crippen molar-refractivity contribution in [1.29, 1.82) is 0 Å². The Labute approximate surface area is 117 Å². The predicted octanol–water partition coefficient (Wildman–Crippen LogP) is 3.39. The number of aromatic nitrogens is 3. The van der Waals surface area contributed by atoms with Gasteiger partial charge in [0.1, 0.15) is 5.82 Å². The summed E-state index contributed by atoms with van der Waals surface area (Å²) in [7, 11) is 0. The molecule has 1 N–H and O–H groups in total. The van der Waals surface area contributed by atoms with E-state index in [4.69, 9.17) is 0 Å². The van der Waals surface area contributed by atoms with Gasteiger partial charge in [-0.15, -0.1) is 5.10 Å². The summed E-state index contributed by atoms with van der Waals surface area (Å²) in [6, 6.07) is 3.24. The molecule has 0 bridgehead atoms. The largest absolute Gasteiger partial charge is 0.411 e. The van der Waals surface area contributed by atoms with Gasteiger partial charge in [0.15, 0.2) is 11.9 Å². The standard InChI is InChI=1S/C13H12F4N4/c1-7-6-10(13(15,16)17)21-12(18-7)19-11(20-21)8-2-4-9(14)5-3-8/h2-5,7,10H,6H2,1H3,(H,18,19,20). The molecule has 3 rings (SSSR count). The van der Waals surface area contributed by atoms with Gasteiger partial charge in [-0.3, -0.25) is 0 Å². The molecule has 0 radical (unpaired) electrons. The lowest BCUT2D eigenvalue weighted by Gasteiger charge is -2.30. The molecule has 8 heteroatoms. The summed E-state index contributed by atoms with van der Waals surface area (Å²) >= 11 is 0. The first-order valence-corrected chi connectivity index (χ1v) is 6.40. The van der Waals surface area contributed by atoms with Crippen LogP contribution in [-0.4, -0.2) is 27.0 Å². The van der Waals surface area contributed by atoms with Crippen molar-refractivity contribution in [2.45, 2.75) is 31.6 Å². The van der Waals surface area contributed by atoms with Gasteiger partial charge in [0, 0.05) is 11.6 Å². The molecule has 2 atom stereocenters.